The average Bonchev–Trinajstić information content (AvgIpc) is 2.14. The molecule has 1 atom stereocenters. The van der Waals surface area contributed by atoms with Crippen molar-refractivity contribution in [2.75, 3.05) is 0 Å². The minimum absolute atomic E-state index is 0.281. The number of nitrogens with zero attached hydrogens (tertiary/aromatic N) is 1. The second kappa shape index (κ2) is 6.49. The third kappa shape index (κ3) is 5.53. The number of hydrogen-bond acceptors (Lipinski definition) is 1. The van der Waals surface area contributed by atoms with Crippen LogP contribution in [0.25, 0.3) is 0 Å². The van der Waals surface area contributed by atoms with Crippen LogP contribution in [0.4, 0.5) is 0 Å². The summed E-state index contributed by atoms with van der Waals surface area (Å²) in [7, 11) is 0. The molecule has 0 aromatic carbocycles. The van der Waals surface area contributed by atoms with E-state index in [0.29, 0.717) is 5.92 Å². The van der Waals surface area contributed by atoms with E-state index in [1.54, 1.807) is 6.20 Å². The first-order chi connectivity index (χ1) is 7.08. The van der Waals surface area contributed by atoms with Crippen molar-refractivity contribution >= 4 is 27.5 Å². The lowest BCUT2D eigenvalue weighted by Gasteiger charge is -2.11. The maximum Gasteiger partial charge on any atom is 0.0410 e. The molecule has 0 fully saturated rings. The summed E-state index contributed by atoms with van der Waals surface area (Å²) in [4.78, 5) is 4.13. The molecular weight excluding hydrogens is 273 g/mol. The minimum Gasteiger partial charge on any atom is -0.263 e. The van der Waals surface area contributed by atoms with E-state index in [1.807, 2.05) is 6.20 Å². The Morgan fingerprint density at radius 2 is 2.13 bits per heavy atom. The Labute approximate surface area is 105 Å². The molecule has 0 bridgehead atoms. The largest absolute Gasteiger partial charge is 0.263 e. The second-order valence-electron chi connectivity index (χ2n) is 4.28. The van der Waals surface area contributed by atoms with Gasteiger partial charge in [0.25, 0.3) is 0 Å². The second-order valence-corrected chi connectivity index (χ2v) is 5.81. The molecule has 84 valence electrons. The Morgan fingerprint density at radius 3 is 2.73 bits per heavy atom. The van der Waals surface area contributed by atoms with Crippen LogP contribution in [0.1, 0.15) is 32.3 Å². The molecule has 1 aromatic heterocycles. The minimum atomic E-state index is 0.281. The van der Waals surface area contributed by atoms with Gasteiger partial charge in [0.1, 0.15) is 0 Å². The monoisotopic (exact) mass is 289 g/mol. The molecule has 0 N–H and O–H groups in total. The van der Waals surface area contributed by atoms with Crippen molar-refractivity contribution in [1.82, 2.24) is 4.98 Å². The average molecular weight is 291 g/mol. The van der Waals surface area contributed by atoms with Crippen LogP contribution in [0, 0.1) is 5.92 Å². The first-order valence-electron chi connectivity index (χ1n) is 5.31. The summed E-state index contributed by atoms with van der Waals surface area (Å²) in [5, 5.41) is 0.281. The molecule has 0 aliphatic rings. The predicted molar refractivity (Wildman–Crippen MR) is 69.4 cm³/mol. The van der Waals surface area contributed by atoms with Crippen molar-refractivity contribution < 1.29 is 0 Å². The van der Waals surface area contributed by atoms with Crippen LogP contribution < -0.4 is 0 Å². The predicted octanol–water partition coefficient (Wildman–Crippen LogP) is 4.43. The maximum atomic E-state index is 6.23. The standard InChI is InChI=1S/C12H17BrClN/c1-9(2)5-12(14)4-3-10-6-11(13)8-15-7-10/h6-9,12H,3-5H2,1-2H3. The summed E-state index contributed by atoms with van der Waals surface area (Å²) >= 11 is 9.65. The van der Waals surface area contributed by atoms with E-state index in [9.17, 15) is 0 Å². The first kappa shape index (κ1) is 13.0. The molecule has 0 aliphatic carbocycles. The van der Waals surface area contributed by atoms with Crippen molar-refractivity contribution in [1.29, 1.82) is 0 Å². The molecule has 1 unspecified atom stereocenters. The fourth-order valence-corrected chi connectivity index (χ4v) is 2.42. The maximum absolute atomic E-state index is 6.23. The lowest BCUT2D eigenvalue weighted by Crippen LogP contribution is -2.05. The van der Waals surface area contributed by atoms with Crippen molar-refractivity contribution in [3.8, 4) is 0 Å². The van der Waals surface area contributed by atoms with Crippen LogP contribution in [0.5, 0.6) is 0 Å². The van der Waals surface area contributed by atoms with Crippen LogP contribution >= 0.6 is 27.5 Å². The molecule has 15 heavy (non-hydrogen) atoms. The zero-order valence-electron chi connectivity index (χ0n) is 9.21. The van der Waals surface area contributed by atoms with Gasteiger partial charge >= 0.3 is 0 Å². The fraction of sp³-hybridized carbons (Fsp3) is 0.583. The van der Waals surface area contributed by atoms with Crippen LogP contribution in [0.3, 0.4) is 0 Å². The number of pyridine rings is 1. The molecule has 0 amide bonds. The van der Waals surface area contributed by atoms with Gasteiger partial charge in [-0.25, -0.2) is 0 Å². The topological polar surface area (TPSA) is 12.9 Å². The number of halogens is 2. The quantitative estimate of drug-likeness (QED) is 0.731. The van der Waals surface area contributed by atoms with Crippen molar-refractivity contribution in [2.24, 2.45) is 5.92 Å². The van der Waals surface area contributed by atoms with Crippen molar-refractivity contribution in [2.45, 2.75) is 38.5 Å². The van der Waals surface area contributed by atoms with Crippen LogP contribution in [0.2, 0.25) is 0 Å². The number of hydrogen-bond donors (Lipinski definition) is 0. The highest BCUT2D eigenvalue weighted by Crippen LogP contribution is 2.18. The van der Waals surface area contributed by atoms with E-state index in [4.69, 9.17) is 11.6 Å². The van der Waals surface area contributed by atoms with Gasteiger partial charge in [-0.05, 0) is 52.7 Å². The Bertz CT molecular complexity index is 301. The van der Waals surface area contributed by atoms with Gasteiger partial charge in [0.15, 0.2) is 0 Å². The summed E-state index contributed by atoms with van der Waals surface area (Å²) in [5.41, 5.74) is 1.25. The normalized spacial score (nSPS) is 13.1. The lowest BCUT2D eigenvalue weighted by atomic mass is 10.0. The third-order valence-corrected chi connectivity index (χ3v) is 3.06. The molecule has 1 aromatic rings. The molecule has 0 radical (unpaired) electrons. The highest BCUT2D eigenvalue weighted by Gasteiger charge is 2.07. The van der Waals surface area contributed by atoms with Gasteiger partial charge < -0.3 is 0 Å². The number of aromatic nitrogens is 1. The van der Waals surface area contributed by atoms with E-state index >= 15 is 0 Å². The number of aryl methyl sites for hydroxylation is 1. The molecule has 0 spiro atoms. The molecule has 0 saturated carbocycles. The summed E-state index contributed by atoms with van der Waals surface area (Å²) in [6.45, 7) is 4.41. The lowest BCUT2D eigenvalue weighted by molar-refractivity contribution is 0.544. The Balaban J connectivity index is 2.36. The number of alkyl halides is 1. The summed E-state index contributed by atoms with van der Waals surface area (Å²) in [5.74, 6) is 0.674. The summed E-state index contributed by atoms with van der Waals surface area (Å²) in [6, 6.07) is 2.10. The van der Waals surface area contributed by atoms with Gasteiger partial charge in [0.05, 0.1) is 0 Å². The zero-order chi connectivity index (χ0) is 11.3. The molecule has 1 heterocycles. The zero-order valence-corrected chi connectivity index (χ0v) is 11.6. The van der Waals surface area contributed by atoms with Crippen molar-refractivity contribution in [3.05, 3.63) is 28.5 Å². The number of rotatable bonds is 5. The van der Waals surface area contributed by atoms with E-state index in [0.717, 1.165) is 23.7 Å². The Hall–Kier alpha value is -0.0800. The highest BCUT2D eigenvalue weighted by atomic mass is 79.9. The highest BCUT2D eigenvalue weighted by molar-refractivity contribution is 9.10. The molecule has 1 nitrogen and oxygen atoms in total. The first-order valence-corrected chi connectivity index (χ1v) is 6.54. The van der Waals surface area contributed by atoms with Crippen LogP contribution in [-0.2, 0) is 6.42 Å². The van der Waals surface area contributed by atoms with E-state index < -0.39 is 0 Å². The van der Waals surface area contributed by atoms with Gasteiger partial charge in [-0.3, -0.25) is 4.98 Å². The van der Waals surface area contributed by atoms with Crippen LogP contribution in [0.15, 0.2) is 22.9 Å². The molecule has 0 saturated heterocycles. The summed E-state index contributed by atoms with van der Waals surface area (Å²) in [6.07, 6.45) is 6.83. The Morgan fingerprint density at radius 1 is 1.40 bits per heavy atom. The molecular formula is C12H17BrClN. The smallest absolute Gasteiger partial charge is 0.0410 e. The van der Waals surface area contributed by atoms with E-state index in [2.05, 4.69) is 40.8 Å². The van der Waals surface area contributed by atoms with Crippen molar-refractivity contribution in [3.63, 3.8) is 0 Å². The summed E-state index contributed by atoms with van der Waals surface area (Å²) < 4.78 is 1.04. The molecule has 1 rings (SSSR count). The van der Waals surface area contributed by atoms with Gasteiger partial charge in [-0.1, -0.05) is 13.8 Å². The van der Waals surface area contributed by atoms with Crippen LogP contribution in [-0.4, -0.2) is 10.4 Å². The van der Waals surface area contributed by atoms with E-state index in [-0.39, 0.29) is 5.38 Å². The van der Waals surface area contributed by atoms with E-state index in [1.165, 1.54) is 5.56 Å². The third-order valence-electron chi connectivity index (χ3n) is 2.23. The van der Waals surface area contributed by atoms with Gasteiger partial charge in [0.2, 0.25) is 0 Å². The van der Waals surface area contributed by atoms with Gasteiger partial charge in [-0.2, -0.15) is 0 Å². The fourth-order valence-electron chi connectivity index (χ4n) is 1.55. The molecule has 0 aliphatic heterocycles. The van der Waals surface area contributed by atoms with Gasteiger partial charge in [0, 0.05) is 22.2 Å². The SMILES string of the molecule is CC(C)CC(Cl)CCc1cncc(Br)c1. The van der Waals surface area contributed by atoms with Gasteiger partial charge in [-0.15, -0.1) is 11.6 Å². The molecule has 3 heteroatoms. The Kier molecular flexibility index (Phi) is 5.62.